The molecule has 0 heterocycles. The molecule has 0 amide bonds. The summed E-state index contributed by atoms with van der Waals surface area (Å²) < 4.78 is 25.3. The molecule has 0 fully saturated rings. The molecule has 0 atom stereocenters. The number of quaternary nitrogens is 2. The fourth-order valence-corrected chi connectivity index (χ4v) is 0. The molecule has 0 rings (SSSR count). The van der Waals surface area contributed by atoms with E-state index in [2.05, 4.69) is 39.2 Å². The van der Waals surface area contributed by atoms with Crippen LogP contribution in [-0.4, -0.2) is 25.4 Å². The van der Waals surface area contributed by atoms with E-state index in [1.807, 2.05) is 0 Å². The molecule has 0 saturated heterocycles. The topological polar surface area (TPSA) is 118 Å². The number of rotatable bonds is 0. The Bertz CT molecular complexity index is 83.3. The number of hydrogen-bond acceptors (Lipinski definition) is 3. The standard InChI is InChI=1S/2C3H9N.H2O3S/c2*1-3(2)4;1-4(2)3/h2*3H,4H2,1-2H3;(H2,1,2,3). The average molecular weight is 200 g/mol. The molecule has 0 unspecified atom stereocenters. The Hall–Kier alpha value is -0.0100. The van der Waals surface area contributed by atoms with Crippen LogP contribution in [0.5, 0.6) is 0 Å². The number of hydrogen-bond donors (Lipinski definition) is 2. The minimum atomic E-state index is -3.11. The first-order valence-corrected chi connectivity index (χ1v) is 4.63. The van der Waals surface area contributed by atoms with Crippen molar-refractivity contribution in [3.05, 3.63) is 0 Å². The van der Waals surface area contributed by atoms with Crippen molar-refractivity contribution in [3.8, 4) is 0 Å². The Morgan fingerprint density at radius 2 is 1.00 bits per heavy atom. The van der Waals surface area contributed by atoms with E-state index in [1.165, 1.54) is 0 Å². The second-order valence-corrected chi connectivity index (χ2v) is 3.40. The van der Waals surface area contributed by atoms with Gasteiger partial charge < -0.3 is 20.6 Å². The van der Waals surface area contributed by atoms with Gasteiger partial charge in [-0.2, -0.15) is 0 Å². The Morgan fingerprint density at radius 1 is 1.00 bits per heavy atom. The summed E-state index contributed by atoms with van der Waals surface area (Å²) in [6, 6.07) is 1.17. The maximum Gasteiger partial charge on any atom is 0.0786 e. The van der Waals surface area contributed by atoms with Gasteiger partial charge in [0.2, 0.25) is 0 Å². The first-order chi connectivity index (χ1) is 5.20. The van der Waals surface area contributed by atoms with Crippen LogP contribution in [0.2, 0.25) is 0 Å². The summed E-state index contributed by atoms with van der Waals surface area (Å²) >= 11 is -3.11. The van der Waals surface area contributed by atoms with Gasteiger partial charge in [-0.15, -0.1) is 11.4 Å². The van der Waals surface area contributed by atoms with E-state index in [0.29, 0.717) is 12.1 Å². The van der Waals surface area contributed by atoms with Gasteiger partial charge in [0.1, 0.15) is 0 Å². The van der Waals surface area contributed by atoms with E-state index in [4.69, 9.17) is 13.3 Å². The van der Waals surface area contributed by atoms with Crippen molar-refractivity contribution >= 4 is 11.4 Å². The summed E-state index contributed by atoms with van der Waals surface area (Å²) in [4.78, 5) is 0. The minimum absolute atomic E-state index is 0.583. The van der Waals surface area contributed by atoms with E-state index < -0.39 is 11.4 Å². The Kier molecular flexibility index (Phi) is 20.3. The second kappa shape index (κ2) is 13.6. The first-order valence-electron chi connectivity index (χ1n) is 3.63. The van der Waals surface area contributed by atoms with Crippen molar-refractivity contribution in [2.45, 2.75) is 39.8 Å². The lowest BCUT2D eigenvalue weighted by Gasteiger charge is -2.03. The van der Waals surface area contributed by atoms with Crippen LogP contribution >= 0.6 is 0 Å². The maximum absolute atomic E-state index is 8.44. The monoisotopic (exact) mass is 200 g/mol. The SMILES string of the molecule is CC(C)[NH3+].CC(C)[NH3+].O=S([O-])[O-]. The molecule has 0 aliphatic carbocycles. The summed E-state index contributed by atoms with van der Waals surface area (Å²) in [5, 5.41) is 0. The quantitative estimate of drug-likeness (QED) is 0.452. The van der Waals surface area contributed by atoms with Crippen molar-refractivity contribution in [2.24, 2.45) is 0 Å². The molecule has 0 aromatic carbocycles. The lowest BCUT2D eigenvalue weighted by atomic mass is 10.4. The zero-order valence-electron chi connectivity index (χ0n) is 8.20. The van der Waals surface area contributed by atoms with Crippen LogP contribution in [0.3, 0.4) is 0 Å². The lowest BCUT2D eigenvalue weighted by molar-refractivity contribution is -0.408. The van der Waals surface area contributed by atoms with E-state index >= 15 is 0 Å². The van der Waals surface area contributed by atoms with Gasteiger partial charge in [0.05, 0.1) is 12.1 Å². The van der Waals surface area contributed by atoms with E-state index in [0.717, 1.165) is 0 Å². The molecule has 0 aliphatic heterocycles. The molecule has 78 valence electrons. The fraction of sp³-hybridized carbons (Fsp3) is 1.00. The normalized spacial score (nSPS) is 8.92. The first kappa shape index (κ1) is 17.9. The van der Waals surface area contributed by atoms with Crippen LogP contribution in [0.15, 0.2) is 0 Å². The fourth-order valence-electron chi connectivity index (χ4n) is 0. The van der Waals surface area contributed by atoms with Crippen molar-refractivity contribution in [3.63, 3.8) is 0 Å². The van der Waals surface area contributed by atoms with Crippen LogP contribution in [-0.2, 0) is 11.4 Å². The molecule has 6 heteroatoms. The minimum Gasteiger partial charge on any atom is -0.784 e. The average Bonchev–Trinajstić information content (AvgIpc) is 1.54. The third-order valence-electron chi connectivity index (χ3n) is 0. The smallest absolute Gasteiger partial charge is 0.0786 e. The molecule has 0 spiro atoms. The van der Waals surface area contributed by atoms with E-state index in [9.17, 15) is 0 Å². The van der Waals surface area contributed by atoms with Gasteiger partial charge in [0, 0.05) is 0 Å². The van der Waals surface area contributed by atoms with Gasteiger partial charge in [-0.1, -0.05) is 0 Å². The third-order valence-corrected chi connectivity index (χ3v) is 0. The molecule has 0 saturated carbocycles. The molecule has 5 nitrogen and oxygen atoms in total. The highest BCUT2D eigenvalue weighted by atomic mass is 32.2. The summed E-state index contributed by atoms with van der Waals surface area (Å²) in [5.74, 6) is 0. The van der Waals surface area contributed by atoms with Crippen LogP contribution in [0.4, 0.5) is 0 Å². The molecular formula is C6H20N2O3S. The highest BCUT2D eigenvalue weighted by Crippen LogP contribution is 1.53. The molecule has 0 aromatic heterocycles. The molecule has 0 aromatic rings. The van der Waals surface area contributed by atoms with E-state index in [-0.39, 0.29) is 0 Å². The van der Waals surface area contributed by atoms with Crippen LogP contribution in [0.25, 0.3) is 0 Å². The van der Waals surface area contributed by atoms with E-state index in [1.54, 1.807) is 0 Å². The molecule has 12 heavy (non-hydrogen) atoms. The molecule has 0 bridgehead atoms. The summed E-state index contributed by atoms with van der Waals surface area (Å²) in [6.45, 7) is 8.22. The Morgan fingerprint density at radius 3 is 1.00 bits per heavy atom. The Balaban J connectivity index is -0.000000101. The van der Waals surface area contributed by atoms with Gasteiger partial charge >= 0.3 is 0 Å². The van der Waals surface area contributed by atoms with Crippen molar-refractivity contribution in [1.29, 1.82) is 0 Å². The lowest BCUT2D eigenvalue weighted by Crippen LogP contribution is -2.57. The summed E-state index contributed by atoms with van der Waals surface area (Å²) in [7, 11) is 0. The molecule has 6 N–H and O–H groups in total. The summed E-state index contributed by atoms with van der Waals surface area (Å²) in [6.07, 6.45) is 0. The van der Waals surface area contributed by atoms with Crippen LogP contribution in [0.1, 0.15) is 27.7 Å². The second-order valence-electron chi connectivity index (χ2n) is 2.99. The predicted molar refractivity (Wildman–Crippen MR) is 45.7 cm³/mol. The highest BCUT2D eigenvalue weighted by Gasteiger charge is 1.72. The van der Waals surface area contributed by atoms with Crippen LogP contribution in [0, 0.1) is 0 Å². The maximum atomic E-state index is 8.44. The zero-order valence-corrected chi connectivity index (χ0v) is 9.02. The van der Waals surface area contributed by atoms with Gasteiger partial charge in [0.15, 0.2) is 0 Å². The van der Waals surface area contributed by atoms with Gasteiger partial charge in [-0.3, -0.25) is 4.21 Å². The highest BCUT2D eigenvalue weighted by molar-refractivity contribution is 7.72. The van der Waals surface area contributed by atoms with Crippen LogP contribution < -0.4 is 11.5 Å². The third kappa shape index (κ3) is 8070000. The Labute approximate surface area is 76.6 Å². The molecule has 0 aliphatic rings. The molecule has 0 radical (unpaired) electrons. The van der Waals surface area contributed by atoms with Crippen molar-refractivity contribution in [2.75, 3.05) is 0 Å². The zero-order chi connectivity index (χ0) is 10.7. The van der Waals surface area contributed by atoms with Crippen molar-refractivity contribution < 1.29 is 24.8 Å². The molecular weight excluding hydrogens is 180 g/mol. The predicted octanol–water partition coefficient (Wildman–Crippen LogP) is -1.73. The largest absolute Gasteiger partial charge is 0.784 e. The summed E-state index contributed by atoms with van der Waals surface area (Å²) in [5.41, 5.74) is 7.28. The van der Waals surface area contributed by atoms with Gasteiger partial charge in [0.25, 0.3) is 0 Å². The van der Waals surface area contributed by atoms with Gasteiger partial charge in [-0.25, -0.2) is 0 Å². The van der Waals surface area contributed by atoms with Gasteiger partial charge in [-0.05, 0) is 27.7 Å². The van der Waals surface area contributed by atoms with Crippen molar-refractivity contribution in [1.82, 2.24) is 0 Å².